The number of nitrogens with zero attached hydrogens (tertiary/aromatic N) is 2. The highest BCUT2D eigenvalue weighted by molar-refractivity contribution is 6.09. The molecule has 1 aromatic heterocycles. The summed E-state index contributed by atoms with van der Waals surface area (Å²) in [6.07, 6.45) is 9.49. The first-order valence-corrected chi connectivity index (χ1v) is 16.2. The Labute approximate surface area is 248 Å². The highest BCUT2D eigenvalue weighted by atomic mass is 15.2. The van der Waals surface area contributed by atoms with Gasteiger partial charge in [-0.25, -0.2) is 0 Å². The summed E-state index contributed by atoms with van der Waals surface area (Å²) < 4.78 is 2.44. The van der Waals surface area contributed by atoms with Crippen molar-refractivity contribution < 1.29 is 0 Å². The van der Waals surface area contributed by atoms with Gasteiger partial charge in [0.25, 0.3) is 0 Å². The zero-order valence-electron chi connectivity index (χ0n) is 24.2. The molecule has 42 heavy (non-hydrogen) atoms. The second-order valence-corrected chi connectivity index (χ2v) is 13.2. The average Bonchev–Trinajstić information content (AvgIpc) is 3.57. The van der Waals surface area contributed by atoms with Crippen molar-refractivity contribution in [1.82, 2.24) is 4.57 Å². The first-order valence-electron chi connectivity index (χ1n) is 16.2. The van der Waals surface area contributed by atoms with E-state index in [1.165, 1.54) is 88.9 Å². The molecule has 0 N–H and O–H groups in total. The van der Waals surface area contributed by atoms with Crippen LogP contribution in [0.4, 0.5) is 5.69 Å². The fourth-order valence-corrected chi connectivity index (χ4v) is 9.35. The second-order valence-electron chi connectivity index (χ2n) is 13.2. The summed E-state index contributed by atoms with van der Waals surface area (Å²) in [4.78, 5) is 2.91. The van der Waals surface area contributed by atoms with Crippen molar-refractivity contribution >= 4 is 38.3 Å². The van der Waals surface area contributed by atoms with Gasteiger partial charge >= 0.3 is 0 Å². The molecular formula is C40H38N2. The summed E-state index contributed by atoms with van der Waals surface area (Å²) >= 11 is 0. The Morgan fingerprint density at radius 1 is 0.500 bits per heavy atom. The number of para-hydroxylation sites is 2. The summed E-state index contributed by atoms with van der Waals surface area (Å²) in [6, 6.07) is 44.7. The molecule has 2 nitrogen and oxygen atoms in total. The predicted molar refractivity (Wildman–Crippen MR) is 177 cm³/mol. The minimum Gasteiger partial charge on any atom is -0.365 e. The lowest BCUT2D eigenvalue weighted by Crippen LogP contribution is -2.40. The van der Waals surface area contributed by atoms with Crippen LogP contribution in [0, 0.1) is 11.8 Å². The Balaban J connectivity index is 1.08. The maximum atomic E-state index is 2.91. The van der Waals surface area contributed by atoms with Gasteiger partial charge in [-0.05, 0) is 109 Å². The van der Waals surface area contributed by atoms with E-state index in [1.807, 2.05) is 0 Å². The number of rotatable bonds is 3. The van der Waals surface area contributed by atoms with Gasteiger partial charge in [0.15, 0.2) is 0 Å². The van der Waals surface area contributed by atoms with E-state index in [-0.39, 0.29) is 0 Å². The molecule has 5 aromatic carbocycles. The molecule has 5 unspecified atom stereocenters. The largest absolute Gasteiger partial charge is 0.365 e. The quantitative estimate of drug-likeness (QED) is 0.214. The van der Waals surface area contributed by atoms with Crippen molar-refractivity contribution in [3.05, 3.63) is 121 Å². The molecule has 1 saturated heterocycles. The zero-order valence-corrected chi connectivity index (χ0v) is 24.2. The maximum absolute atomic E-state index is 2.91. The molecule has 5 atom stereocenters. The second kappa shape index (κ2) is 9.76. The molecule has 2 heteroatoms. The van der Waals surface area contributed by atoms with Crippen LogP contribution in [-0.2, 0) is 0 Å². The maximum Gasteiger partial charge on any atom is 0.0541 e. The molecule has 2 saturated carbocycles. The lowest BCUT2D eigenvalue weighted by molar-refractivity contribution is 0.216. The Morgan fingerprint density at radius 2 is 1.26 bits per heavy atom. The fraction of sp³-hybridized carbons (Fsp3) is 0.300. The molecule has 2 heterocycles. The summed E-state index contributed by atoms with van der Waals surface area (Å²) in [5.74, 6) is 2.28. The number of fused-ring (bicyclic) bond motifs is 7. The molecule has 0 amide bonds. The molecule has 2 aliphatic carbocycles. The van der Waals surface area contributed by atoms with Gasteiger partial charge in [0.05, 0.1) is 11.0 Å². The van der Waals surface area contributed by atoms with Crippen LogP contribution in [0.25, 0.3) is 38.3 Å². The van der Waals surface area contributed by atoms with E-state index in [0.29, 0.717) is 18.0 Å². The van der Waals surface area contributed by atoms with Gasteiger partial charge in [0, 0.05) is 34.2 Å². The van der Waals surface area contributed by atoms with Crippen LogP contribution < -0.4 is 4.90 Å². The summed E-state index contributed by atoms with van der Waals surface area (Å²) in [6.45, 7) is 0. The lowest BCUT2D eigenvalue weighted by atomic mass is 9.69. The first-order chi connectivity index (χ1) is 20.8. The molecule has 9 rings (SSSR count). The van der Waals surface area contributed by atoms with Crippen molar-refractivity contribution in [3.8, 4) is 5.69 Å². The van der Waals surface area contributed by atoms with Crippen molar-refractivity contribution in [3.63, 3.8) is 0 Å². The third-order valence-corrected chi connectivity index (χ3v) is 11.1. The summed E-state index contributed by atoms with van der Waals surface area (Å²) in [5.41, 5.74) is 6.86. The molecule has 3 aliphatic rings. The van der Waals surface area contributed by atoms with Crippen LogP contribution >= 0.6 is 0 Å². The fourth-order valence-electron chi connectivity index (χ4n) is 9.35. The molecule has 0 spiro atoms. The highest BCUT2D eigenvalue weighted by Gasteiger charge is 2.51. The third-order valence-electron chi connectivity index (χ3n) is 11.1. The van der Waals surface area contributed by atoms with Crippen LogP contribution in [-0.4, -0.2) is 16.7 Å². The van der Waals surface area contributed by atoms with E-state index < -0.39 is 0 Å². The highest BCUT2D eigenvalue weighted by Crippen LogP contribution is 2.54. The SMILES string of the molecule is c1ccc(-n2c3ccccc3c3cc(C4CCC5C(C4)C4CCCCC4N5c4ccc5ccccc5c4)ccc32)cc1. The van der Waals surface area contributed by atoms with Gasteiger partial charge in [0.2, 0.25) is 0 Å². The molecule has 0 bridgehead atoms. The van der Waals surface area contributed by atoms with Crippen LogP contribution in [0.5, 0.6) is 0 Å². The van der Waals surface area contributed by atoms with Gasteiger partial charge in [-0.3, -0.25) is 0 Å². The number of anilines is 1. The van der Waals surface area contributed by atoms with E-state index in [0.717, 1.165) is 11.8 Å². The van der Waals surface area contributed by atoms with Gasteiger partial charge in [-0.1, -0.05) is 85.6 Å². The van der Waals surface area contributed by atoms with Crippen LogP contribution in [0.2, 0.25) is 0 Å². The van der Waals surface area contributed by atoms with Gasteiger partial charge < -0.3 is 9.47 Å². The van der Waals surface area contributed by atoms with E-state index in [2.05, 4.69) is 125 Å². The molecular weight excluding hydrogens is 508 g/mol. The Kier molecular flexibility index (Phi) is 5.71. The molecule has 208 valence electrons. The number of hydrogen-bond acceptors (Lipinski definition) is 1. The minimum absolute atomic E-state index is 0.647. The van der Waals surface area contributed by atoms with E-state index >= 15 is 0 Å². The third kappa shape index (κ3) is 3.77. The van der Waals surface area contributed by atoms with Crippen molar-refractivity contribution in [2.75, 3.05) is 4.90 Å². The van der Waals surface area contributed by atoms with Gasteiger partial charge in [0.1, 0.15) is 0 Å². The molecule has 6 aromatic rings. The monoisotopic (exact) mass is 546 g/mol. The average molecular weight is 547 g/mol. The Bertz CT molecular complexity index is 1920. The first kappa shape index (κ1) is 24.5. The van der Waals surface area contributed by atoms with Gasteiger partial charge in [-0.2, -0.15) is 0 Å². The Morgan fingerprint density at radius 3 is 2.19 bits per heavy atom. The van der Waals surface area contributed by atoms with Crippen LogP contribution in [0.1, 0.15) is 56.4 Å². The number of benzene rings is 5. The van der Waals surface area contributed by atoms with Crippen molar-refractivity contribution in [2.24, 2.45) is 11.8 Å². The van der Waals surface area contributed by atoms with Crippen LogP contribution in [0.15, 0.2) is 115 Å². The molecule has 0 radical (unpaired) electrons. The number of aromatic nitrogens is 1. The predicted octanol–water partition coefficient (Wildman–Crippen LogP) is 10.3. The molecule has 3 fully saturated rings. The van der Waals surface area contributed by atoms with E-state index in [4.69, 9.17) is 0 Å². The van der Waals surface area contributed by atoms with Crippen molar-refractivity contribution in [1.29, 1.82) is 0 Å². The topological polar surface area (TPSA) is 8.17 Å². The van der Waals surface area contributed by atoms with Crippen molar-refractivity contribution in [2.45, 2.75) is 62.9 Å². The summed E-state index contributed by atoms with van der Waals surface area (Å²) in [5, 5.41) is 5.49. The number of hydrogen-bond donors (Lipinski definition) is 0. The smallest absolute Gasteiger partial charge is 0.0541 e. The standard InChI is InChI=1S/C40H38N2/c1-2-12-31(13-3-1)41-37-16-8-6-14-33(37)35-25-29(19-22-39(35)41)30-20-23-40-36(26-30)34-15-7-9-17-38(34)42(40)32-21-18-27-10-4-5-11-28(27)24-32/h1-6,8,10-14,16,18-19,21-22,24-25,30,34,36,38,40H,7,9,15,17,20,23,26H2. The molecule has 1 aliphatic heterocycles. The zero-order chi connectivity index (χ0) is 27.6. The van der Waals surface area contributed by atoms with E-state index in [1.54, 1.807) is 5.56 Å². The van der Waals surface area contributed by atoms with Gasteiger partial charge in [-0.15, -0.1) is 0 Å². The Hall–Kier alpha value is -4.04. The lowest BCUT2D eigenvalue weighted by Gasteiger charge is -2.38. The summed E-state index contributed by atoms with van der Waals surface area (Å²) in [7, 11) is 0. The van der Waals surface area contributed by atoms with E-state index in [9.17, 15) is 0 Å². The van der Waals surface area contributed by atoms with Crippen LogP contribution in [0.3, 0.4) is 0 Å². The normalized spacial score (nSPS) is 25.6. The minimum atomic E-state index is 0.647.